The van der Waals surface area contributed by atoms with E-state index in [0.29, 0.717) is 12.5 Å². The summed E-state index contributed by atoms with van der Waals surface area (Å²) in [4.78, 5) is 0. The van der Waals surface area contributed by atoms with Gasteiger partial charge in [-0.05, 0) is 31.9 Å². The molecule has 0 aliphatic carbocycles. The molecule has 0 saturated carbocycles. The van der Waals surface area contributed by atoms with Gasteiger partial charge in [-0.15, -0.1) is 0 Å². The number of hydrogen-bond acceptors (Lipinski definition) is 3. The van der Waals surface area contributed by atoms with Crippen molar-refractivity contribution >= 4 is 0 Å². The standard InChI is InChI=1S/C17H29NO2/c1-6-12-18-16(17(19-5)13(3)4)14-10-8-9-11-15(14)20-7-2/h8-11,13,16-18H,6-7,12H2,1-5H3. The summed E-state index contributed by atoms with van der Waals surface area (Å²) in [5, 5.41) is 3.61. The normalized spacial score (nSPS) is 14.3. The molecule has 114 valence electrons. The Hall–Kier alpha value is -1.06. The number of methoxy groups -OCH3 is 1. The quantitative estimate of drug-likeness (QED) is 0.746. The topological polar surface area (TPSA) is 30.5 Å². The van der Waals surface area contributed by atoms with Gasteiger partial charge in [-0.25, -0.2) is 0 Å². The highest BCUT2D eigenvalue weighted by Crippen LogP contribution is 2.31. The van der Waals surface area contributed by atoms with Crippen LogP contribution in [0.3, 0.4) is 0 Å². The zero-order chi connectivity index (χ0) is 15.0. The third kappa shape index (κ3) is 4.50. The van der Waals surface area contributed by atoms with E-state index < -0.39 is 0 Å². The van der Waals surface area contributed by atoms with Crippen LogP contribution in [0.25, 0.3) is 0 Å². The van der Waals surface area contributed by atoms with Gasteiger partial charge in [0.05, 0.1) is 18.8 Å². The predicted octanol–water partition coefficient (Wildman–Crippen LogP) is 3.80. The van der Waals surface area contributed by atoms with Crippen molar-refractivity contribution in [2.24, 2.45) is 5.92 Å². The third-order valence-corrected chi connectivity index (χ3v) is 3.43. The minimum absolute atomic E-state index is 0.128. The first-order chi connectivity index (χ1) is 9.65. The maximum Gasteiger partial charge on any atom is 0.124 e. The summed E-state index contributed by atoms with van der Waals surface area (Å²) < 4.78 is 11.5. The average molecular weight is 279 g/mol. The SMILES string of the molecule is CCCNC(c1ccccc1OCC)C(OC)C(C)C. The van der Waals surface area contributed by atoms with E-state index in [2.05, 4.69) is 38.2 Å². The fraction of sp³-hybridized carbons (Fsp3) is 0.647. The lowest BCUT2D eigenvalue weighted by atomic mass is 9.92. The molecule has 1 aromatic carbocycles. The van der Waals surface area contributed by atoms with Crippen molar-refractivity contribution in [1.82, 2.24) is 5.32 Å². The molecule has 1 rings (SSSR count). The zero-order valence-electron chi connectivity index (χ0n) is 13.5. The minimum atomic E-state index is 0.128. The van der Waals surface area contributed by atoms with Crippen LogP contribution >= 0.6 is 0 Å². The number of ether oxygens (including phenoxy) is 2. The van der Waals surface area contributed by atoms with Crippen LogP contribution in [0.1, 0.15) is 45.7 Å². The van der Waals surface area contributed by atoms with Crippen molar-refractivity contribution in [2.45, 2.75) is 46.3 Å². The summed E-state index contributed by atoms with van der Waals surface area (Å²) in [6.07, 6.45) is 1.23. The molecule has 2 atom stereocenters. The first-order valence-corrected chi connectivity index (χ1v) is 7.63. The summed E-state index contributed by atoms with van der Waals surface area (Å²) in [5.74, 6) is 1.38. The first-order valence-electron chi connectivity index (χ1n) is 7.63. The average Bonchev–Trinajstić information content (AvgIpc) is 2.44. The molecule has 3 nitrogen and oxygen atoms in total. The van der Waals surface area contributed by atoms with Gasteiger partial charge in [-0.2, -0.15) is 0 Å². The number of benzene rings is 1. The second-order valence-electron chi connectivity index (χ2n) is 5.35. The Bertz CT molecular complexity index is 379. The molecular weight excluding hydrogens is 250 g/mol. The largest absolute Gasteiger partial charge is 0.494 e. The fourth-order valence-electron chi connectivity index (χ4n) is 2.52. The van der Waals surface area contributed by atoms with E-state index in [1.807, 2.05) is 19.1 Å². The van der Waals surface area contributed by atoms with E-state index in [-0.39, 0.29) is 12.1 Å². The Morgan fingerprint density at radius 2 is 1.85 bits per heavy atom. The Morgan fingerprint density at radius 3 is 2.40 bits per heavy atom. The highest BCUT2D eigenvalue weighted by atomic mass is 16.5. The molecule has 1 N–H and O–H groups in total. The van der Waals surface area contributed by atoms with Gasteiger partial charge >= 0.3 is 0 Å². The van der Waals surface area contributed by atoms with Crippen LogP contribution in [0.2, 0.25) is 0 Å². The van der Waals surface area contributed by atoms with Crippen LogP contribution in [0.15, 0.2) is 24.3 Å². The lowest BCUT2D eigenvalue weighted by Crippen LogP contribution is -2.37. The van der Waals surface area contributed by atoms with E-state index >= 15 is 0 Å². The smallest absolute Gasteiger partial charge is 0.124 e. The van der Waals surface area contributed by atoms with Crippen molar-refractivity contribution in [1.29, 1.82) is 0 Å². The highest BCUT2D eigenvalue weighted by molar-refractivity contribution is 5.36. The summed E-state index contributed by atoms with van der Waals surface area (Å²) in [5.41, 5.74) is 1.18. The predicted molar refractivity (Wildman–Crippen MR) is 84.3 cm³/mol. The number of para-hydroxylation sites is 1. The fourth-order valence-corrected chi connectivity index (χ4v) is 2.52. The van der Waals surface area contributed by atoms with Crippen LogP contribution in [0.4, 0.5) is 0 Å². The molecule has 0 saturated heterocycles. The van der Waals surface area contributed by atoms with Crippen molar-refractivity contribution in [3.8, 4) is 5.75 Å². The van der Waals surface area contributed by atoms with E-state index in [0.717, 1.165) is 18.7 Å². The Kier molecular flexibility index (Phi) is 7.63. The summed E-state index contributed by atoms with van der Waals surface area (Å²) in [6.45, 7) is 10.2. The van der Waals surface area contributed by atoms with E-state index in [9.17, 15) is 0 Å². The molecule has 0 fully saturated rings. The summed E-state index contributed by atoms with van der Waals surface area (Å²) in [6, 6.07) is 8.40. The number of nitrogens with one attached hydrogen (secondary N) is 1. The molecule has 0 aliphatic heterocycles. The van der Waals surface area contributed by atoms with Crippen molar-refractivity contribution in [3.63, 3.8) is 0 Å². The summed E-state index contributed by atoms with van der Waals surface area (Å²) in [7, 11) is 1.79. The molecule has 0 aliphatic rings. The molecule has 1 aromatic rings. The molecular formula is C17H29NO2. The van der Waals surface area contributed by atoms with Crippen molar-refractivity contribution in [2.75, 3.05) is 20.3 Å². The third-order valence-electron chi connectivity index (χ3n) is 3.43. The zero-order valence-corrected chi connectivity index (χ0v) is 13.5. The van der Waals surface area contributed by atoms with Crippen LogP contribution in [0.5, 0.6) is 5.75 Å². The molecule has 0 amide bonds. The summed E-state index contributed by atoms with van der Waals surface area (Å²) >= 11 is 0. The van der Waals surface area contributed by atoms with Crippen LogP contribution < -0.4 is 10.1 Å². The Labute approximate surface area is 123 Å². The van der Waals surface area contributed by atoms with E-state index in [1.54, 1.807) is 7.11 Å². The second-order valence-corrected chi connectivity index (χ2v) is 5.35. The van der Waals surface area contributed by atoms with Gasteiger partial charge in [0, 0.05) is 12.7 Å². The number of hydrogen-bond donors (Lipinski definition) is 1. The van der Waals surface area contributed by atoms with Gasteiger partial charge in [0.1, 0.15) is 5.75 Å². The molecule has 0 heterocycles. The van der Waals surface area contributed by atoms with Crippen molar-refractivity contribution < 1.29 is 9.47 Å². The number of rotatable bonds is 9. The van der Waals surface area contributed by atoms with Gasteiger partial charge in [-0.1, -0.05) is 39.0 Å². The maximum absolute atomic E-state index is 5.78. The maximum atomic E-state index is 5.78. The van der Waals surface area contributed by atoms with Gasteiger partial charge in [0.25, 0.3) is 0 Å². The lowest BCUT2D eigenvalue weighted by molar-refractivity contribution is 0.0318. The molecule has 20 heavy (non-hydrogen) atoms. The minimum Gasteiger partial charge on any atom is -0.494 e. The molecule has 0 radical (unpaired) electrons. The molecule has 2 unspecified atom stereocenters. The Balaban J connectivity index is 3.08. The highest BCUT2D eigenvalue weighted by Gasteiger charge is 2.27. The Morgan fingerprint density at radius 1 is 1.15 bits per heavy atom. The van der Waals surface area contributed by atoms with Crippen molar-refractivity contribution in [3.05, 3.63) is 29.8 Å². The van der Waals surface area contributed by atoms with Crippen LogP contribution in [-0.4, -0.2) is 26.4 Å². The van der Waals surface area contributed by atoms with E-state index in [1.165, 1.54) is 5.56 Å². The lowest BCUT2D eigenvalue weighted by Gasteiger charge is -2.31. The van der Waals surface area contributed by atoms with Gasteiger partial charge in [0.15, 0.2) is 0 Å². The van der Waals surface area contributed by atoms with Crippen LogP contribution in [0, 0.1) is 5.92 Å². The second kappa shape index (κ2) is 8.98. The molecule has 0 bridgehead atoms. The monoisotopic (exact) mass is 279 g/mol. The van der Waals surface area contributed by atoms with Gasteiger partial charge in [-0.3, -0.25) is 0 Å². The van der Waals surface area contributed by atoms with Gasteiger partial charge in [0.2, 0.25) is 0 Å². The van der Waals surface area contributed by atoms with Gasteiger partial charge < -0.3 is 14.8 Å². The molecule has 0 spiro atoms. The van der Waals surface area contributed by atoms with E-state index in [4.69, 9.17) is 9.47 Å². The molecule has 0 aromatic heterocycles. The first kappa shape index (κ1) is 17.0. The van der Waals surface area contributed by atoms with Crippen LogP contribution in [-0.2, 0) is 4.74 Å². The molecule has 3 heteroatoms.